The van der Waals surface area contributed by atoms with Gasteiger partial charge in [0, 0.05) is 18.8 Å². The van der Waals surface area contributed by atoms with Crippen LogP contribution in [-0.2, 0) is 0 Å². The van der Waals surface area contributed by atoms with Gasteiger partial charge in [0.1, 0.15) is 0 Å². The van der Waals surface area contributed by atoms with Crippen molar-refractivity contribution in [3.05, 3.63) is 29.8 Å². The Labute approximate surface area is 96.7 Å². The van der Waals surface area contributed by atoms with E-state index in [0.717, 1.165) is 24.3 Å². The van der Waals surface area contributed by atoms with Crippen molar-refractivity contribution >= 4 is 5.69 Å². The maximum atomic E-state index is 8.88. The summed E-state index contributed by atoms with van der Waals surface area (Å²) in [4.78, 5) is 2.29. The fourth-order valence-corrected chi connectivity index (χ4v) is 2.20. The maximum absolute atomic E-state index is 8.88. The molecular formula is C13H17N3. The Hall–Kier alpha value is -1.53. The molecule has 1 heterocycles. The fraction of sp³-hybridized carbons (Fsp3) is 0.462. The standard InChI is InChI=1S/C13H17N3/c1-16(12-5-7-15-8-6-12)13-4-2-3-11(9-13)10-14/h2-4,9,12,15H,5-8H2,1H3. The van der Waals surface area contributed by atoms with Crippen LogP contribution in [0.1, 0.15) is 18.4 Å². The smallest absolute Gasteiger partial charge is 0.0992 e. The second-order valence-corrected chi connectivity index (χ2v) is 4.25. The molecule has 84 valence electrons. The molecular weight excluding hydrogens is 198 g/mol. The van der Waals surface area contributed by atoms with Gasteiger partial charge in [-0.05, 0) is 44.1 Å². The quantitative estimate of drug-likeness (QED) is 0.817. The van der Waals surface area contributed by atoms with Crippen molar-refractivity contribution in [1.82, 2.24) is 5.32 Å². The summed E-state index contributed by atoms with van der Waals surface area (Å²) in [5.74, 6) is 0. The molecule has 16 heavy (non-hydrogen) atoms. The Balaban J connectivity index is 2.13. The van der Waals surface area contributed by atoms with Crippen molar-refractivity contribution in [2.24, 2.45) is 0 Å². The van der Waals surface area contributed by atoms with Gasteiger partial charge >= 0.3 is 0 Å². The first-order chi connectivity index (χ1) is 7.81. The van der Waals surface area contributed by atoms with Crippen molar-refractivity contribution in [2.75, 3.05) is 25.0 Å². The molecule has 0 amide bonds. The topological polar surface area (TPSA) is 39.1 Å². The van der Waals surface area contributed by atoms with Gasteiger partial charge in [0.05, 0.1) is 11.6 Å². The number of anilines is 1. The number of nitriles is 1. The van der Waals surface area contributed by atoms with Crippen LogP contribution in [0.5, 0.6) is 0 Å². The molecule has 1 aliphatic heterocycles. The van der Waals surface area contributed by atoms with Gasteiger partial charge in [-0.15, -0.1) is 0 Å². The van der Waals surface area contributed by atoms with Crippen LogP contribution in [0.3, 0.4) is 0 Å². The largest absolute Gasteiger partial charge is 0.371 e. The third kappa shape index (κ3) is 2.34. The highest BCUT2D eigenvalue weighted by molar-refractivity contribution is 5.51. The van der Waals surface area contributed by atoms with Gasteiger partial charge in [0.25, 0.3) is 0 Å². The molecule has 0 atom stereocenters. The number of hydrogen-bond acceptors (Lipinski definition) is 3. The second kappa shape index (κ2) is 5.00. The molecule has 3 heteroatoms. The number of piperidine rings is 1. The van der Waals surface area contributed by atoms with Crippen LogP contribution >= 0.6 is 0 Å². The van der Waals surface area contributed by atoms with Gasteiger partial charge in [0.15, 0.2) is 0 Å². The Morgan fingerprint density at radius 2 is 2.12 bits per heavy atom. The van der Waals surface area contributed by atoms with Crippen molar-refractivity contribution in [3.63, 3.8) is 0 Å². The summed E-state index contributed by atoms with van der Waals surface area (Å²) in [5.41, 5.74) is 1.88. The highest BCUT2D eigenvalue weighted by Gasteiger charge is 2.17. The van der Waals surface area contributed by atoms with Crippen LogP contribution in [0.25, 0.3) is 0 Å². The van der Waals surface area contributed by atoms with Gasteiger partial charge in [-0.25, -0.2) is 0 Å². The van der Waals surface area contributed by atoms with Crippen LogP contribution < -0.4 is 10.2 Å². The zero-order valence-corrected chi connectivity index (χ0v) is 9.61. The maximum Gasteiger partial charge on any atom is 0.0992 e. The van der Waals surface area contributed by atoms with Crippen LogP contribution in [0.2, 0.25) is 0 Å². The van der Waals surface area contributed by atoms with Gasteiger partial charge in [0.2, 0.25) is 0 Å². The van der Waals surface area contributed by atoms with E-state index in [1.807, 2.05) is 18.2 Å². The van der Waals surface area contributed by atoms with Gasteiger partial charge < -0.3 is 10.2 Å². The van der Waals surface area contributed by atoms with E-state index in [9.17, 15) is 0 Å². The van der Waals surface area contributed by atoms with Crippen LogP contribution in [0.15, 0.2) is 24.3 Å². The monoisotopic (exact) mass is 215 g/mol. The van der Waals surface area contributed by atoms with Crippen molar-refractivity contribution in [3.8, 4) is 6.07 Å². The number of rotatable bonds is 2. The zero-order valence-electron chi connectivity index (χ0n) is 9.61. The number of hydrogen-bond donors (Lipinski definition) is 1. The summed E-state index contributed by atoms with van der Waals surface area (Å²) in [6, 6.07) is 10.6. The minimum Gasteiger partial charge on any atom is -0.371 e. The average Bonchev–Trinajstić information content (AvgIpc) is 2.39. The second-order valence-electron chi connectivity index (χ2n) is 4.25. The molecule has 0 bridgehead atoms. The predicted molar refractivity (Wildman–Crippen MR) is 65.5 cm³/mol. The Kier molecular flexibility index (Phi) is 3.43. The summed E-state index contributed by atoms with van der Waals surface area (Å²) < 4.78 is 0. The molecule has 1 fully saturated rings. The predicted octanol–water partition coefficient (Wildman–Crippen LogP) is 1.75. The summed E-state index contributed by atoms with van der Waals surface area (Å²) >= 11 is 0. The van der Waals surface area contributed by atoms with Gasteiger partial charge in [-0.1, -0.05) is 6.07 Å². The average molecular weight is 215 g/mol. The molecule has 1 aromatic carbocycles. The molecule has 0 spiro atoms. The van der Waals surface area contributed by atoms with Crippen molar-refractivity contribution in [1.29, 1.82) is 5.26 Å². The lowest BCUT2D eigenvalue weighted by atomic mass is 10.0. The van der Waals surface area contributed by atoms with E-state index < -0.39 is 0 Å². The molecule has 1 N–H and O–H groups in total. The SMILES string of the molecule is CN(c1cccc(C#N)c1)C1CCNCC1. The minimum absolute atomic E-state index is 0.593. The highest BCUT2D eigenvalue weighted by Crippen LogP contribution is 2.20. The lowest BCUT2D eigenvalue weighted by molar-refractivity contribution is 0.443. The molecule has 2 rings (SSSR count). The summed E-state index contributed by atoms with van der Waals surface area (Å²) in [5, 5.41) is 12.2. The lowest BCUT2D eigenvalue weighted by Crippen LogP contribution is -2.41. The first-order valence-electron chi connectivity index (χ1n) is 5.75. The minimum atomic E-state index is 0.593. The van der Waals surface area contributed by atoms with E-state index in [4.69, 9.17) is 5.26 Å². The number of nitrogens with one attached hydrogen (secondary N) is 1. The van der Waals surface area contributed by atoms with E-state index in [0.29, 0.717) is 6.04 Å². The molecule has 3 nitrogen and oxygen atoms in total. The summed E-state index contributed by atoms with van der Waals surface area (Å²) in [7, 11) is 2.12. The number of nitrogens with zero attached hydrogens (tertiary/aromatic N) is 2. The molecule has 0 aliphatic carbocycles. The lowest BCUT2D eigenvalue weighted by Gasteiger charge is -2.33. The highest BCUT2D eigenvalue weighted by atomic mass is 15.1. The van der Waals surface area contributed by atoms with Crippen molar-refractivity contribution in [2.45, 2.75) is 18.9 Å². The van der Waals surface area contributed by atoms with E-state index in [2.05, 4.69) is 29.4 Å². The Morgan fingerprint density at radius 3 is 2.81 bits per heavy atom. The normalized spacial score (nSPS) is 16.8. The molecule has 0 saturated carbocycles. The fourth-order valence-electron chi connectivity index (χ4n) is 2.20. The van der Waals surface area contributed by atoms with Crippen LogP contribution in [0, 0.1) is 11.3 Å². The van der Waals surface area contributed by atoms with E-state index in [1.54, 1.807) is 0 Å². The third-order valence-electron chi connectivity index (χ3n) is 3.24. The van der Waals surface area contributed by atoms with Gasteiger partial charge in [-0.3, -0.25) is 0 Å². The molecule has 0 radical (unpaired) electrons. The van der Waals surface area contributed by atoms with Crippen LogP contribution in [0.4, 0.5) is 5.69 Å². The van der Waals surface area contributed by atoms with E-state index in [-0.39, 0.29) is 0 Å². The van der Waals surface area contributed by atoms with Crippen LogP contribution in [-0.4, -0.2) is 26.2 Å². The number of benzene rings is 1. The Bertz CT molecular complexity index is 388. The molecule has 0 unspecified atom stereocenters. The first-order valence-corrected chi connectivity index (χ1v) is 5.75. The molecule has 1 aliphatic rings. The third-order valence-corrected chi connectivity index (χ3v) is 3.24. The first kappa shape index (κ1) is 11.0. The summed E-state index contributed by atoms with van der Waals surface area (Å²) in [6.45, 7) is 2.18. The zero-order chi connectivity index (χ0) is 11.4. The van der Waals surface area contributed by atoms with E-state index >= 15 is 0 Å². The van der Waals surface area contributed by atoms with Gasteiger partial charge in [-0.2, -0.15) is 5.26 Å². The van der Waals surface area contributed by atoms with Crippen molar-refractivity contribution < 1.29 is 0 Å². The summed E-state index contributed by atoms with van der Waals surface area (Å²) in [6.07, 6.45) is 2.35. The molecule has 1 aromatic rings. The molecule has 0 aromatic heterocycles. The Morgan fingerprint density at radius 1 is 1.38 bits per heavy atom. The molecule has 1 saturated heterocycles. The van der Waals surface area contributed by atoms with E-state index in [1.165, 1.54) is 12.8 Å².